The highest BCUT2D eigenvalue weighted by Gasteiger charge is 2.25. The Kier molecular flexibility index (Phi) is 6.94. The van der Waals surface area contributed by atoms with Gasteiger partial charge in [0.05, 0.1) is 22.9 Å². The van der Waals surface area contributed by atoms with E-state index in [4.69, 9.17) is 9.72 Å². The van der Waals surface area contributed by atoms with E-state index in [1.54, 1.807) is 0 Å². The van der Waals surface area contributed by atoms with Gasteiger partial charge >= 0.3 is 0 Å². The number of fused-ring (bicyclic) bond motifs is 1. The van der Waals surface area contributed by atoms with Crippen molar-refractivity contribution in [3.8, 4) is 28.1 Å². The van der Waals surface area contributed by atoms with Gasteiger partial charge in [-0.25, -0.2) is 4.98 Å². The lowest BCUT2D eigenvalue weighted by molar-refractivity contribution is 0.0631. The van der Waals surface area contributed by atoms with Crippen molar-refractivity contribution in [2.24, 2.45) is 0 Å². The van der Waals surface area contributed by atoms with Gasteiger partial charge in [-0.1, -0.05) is 48.5 Å². The zero-order chi connectivity index (χ0) is 25.9. The second kappa shape index (κ2) is 10.8. The van der Waals surface area contributed by atoms with Gasteiger partial charge in [-0.05, 0) is 53.8 Å². The molecular weight excluding hydrogens is 492 g/mol. The molecule has 7 heteroatoms. The maximum Gasteiger partial charge on any atom is 0.264 e. The first-order valence-corrected chi connectivity index (χ1v) is 13.9. The van der Waals surface area contributed by atoms with Crippen molar-refractivity contribution in [2.45, 2.75) is 13.5 Å². The summed E-state index contributed by atoms with van der Waals surface area (Å²) in [6.07, 6.45) is 2.19. The normalized spacial score (nSPS) is 14.2. The number of hydrogen-bond acceptors (Lipinski definition) is 5. The van der Waals surface area contributed by atoms with E-state index < -0.39 is 0 Å². The fourth-order valence-electron chi connectivity index (χ4n) is 5.05. The quantitative estimate of drug-likeness (QED) is 0.260. The molecule has 1 aliphatic rings. The maximum atomic E-state index is 12.8. The Hall–Kier alpha value is -3.94. The van der Waals surface area contributed by atoms with Crippen LogP contribution >= 0.6 is 11.3 Å². The monoisotopic (exact) mass is 522 g/mol. The number of rotatable bonds is 7. The predicted octanol–water partition coefficient (Wildman–Crippen LogP) is 6.09. The number of pyridine rings is 1. The molecule has 6 nitrogen and oxygen atoms in total. The largest absolute Gasteiger partial charge is 0.494 e. The molecule has 38 heavy (non-hydrogen) atoms. The number of hydrogen-bond donors (Lipinski definition) is 0. The summed E-state index contributed by atoms with van der Waals surface area (Å²) >= 11 is 1.51. The van der Waals surface area contributed by atoms with Crippen molar-refractivity contribution in [3.05, 3.63) is 101 Å². The summed E-state index contributed by atoms with van der Waals surface area (Å²) in [5, 5.41) is 1.96. The number of aromatic nitrogens is 2. The average Bonchev–Trinajstić information content (AvgIpc) is 3.63. The third kappa shape index (κ3) is 4.95. The molecule has 1 saturated heterocycles. The molecule has 0 bridgehead atoms. The van der Waals surface area contributed by atoms with E-state index in [1.807, 2.05) is 47.5 Å². The van der Waals surface area contributed by atoms with Crippen molar-refractivity contribution >= 4 is 22.9 Å². The Morgan fingerprint density at radius 2 is 1.71 bits per heavy atom. The first-order valence-electron chi connectivity index (χ1n) is 13.0. The van der Waals surface area contributed by atoms with Gasteiger partial charge in [-0.15, -0.1) is 11.3 Å². The Balaban J connectivity index is 1.31. The van der Waals surface area contributed by atoms with E-state index in [1.165, 1.54) is 11.3 Å². The molecule has 0 N–H and O–H groups in total. The maximum absolute atomic E-state index is 12.8. The van der Waals surface area contributed by atoms with Crippen LogP contribution in [0.1, 0.15) is 22.3 Å². The minimum Gasteiger partial charge on any atom is -0.494 e. The smallest absolute Gasteiger partial charge is 0.264 e. The van der Waals surface area contributed by atoms with Gasteiger partial charge in [0, 0.05) is 44.5 Å². The Bertz CT molecular complexity index is 1540. The number of thiophene rings is 1. The molecule has 0 aliphatic carbocycles. The molecule has 0 radical (unpaired) electrons. The molecular formula is C31H30N4O2S. The summed E-state index contributed by atoms with van der Waals surface area (Å²) in [6, 6.07) is 26.7. The third-order valence-corrected chi connectivity index (χ3v) is 7.87. The molecule has 0 atom stereocenters. The SMILES string of the molecule is CCOc1cccc(-c2ccc3nc(-c4ccccc4)c(CN4CCN(C(=O)c5cccs5)CC4)n3c2)c1. The fraction of sp³-hybridized carbons (Fsp3) is 0.226. The highest BCUT2D eigenvalue weighted by atomic mass is 32.1. The van der Waals surface area contributed by atoms with Crippen LogP contribution in [0.4, 0.5) is 0 Å². The molecule has 1 amide bonds. The molecule has 0 saturated carbocycles. The van der Waals surface area contributed by atoms with E-state index >= 15 is 0 Å². The highest BCUT2D eigenvalue weighted by molar-refractivity contribution is 7.12. The van der Waals surface area contributed by atoms with E-state index in [0.717, 1.165) is 77.1 Å². The summed E-state index contributed by atoms with van der Waals surface area (Å²) in [5.41, 5.74) is 6.42. The highest BCUT2D eigenvalue weighted by Crippen LogP contribution is 2.30. The summed E-state index contributed by atoms with van der Waals surface area (Å²) in [4.78, 5) is 23.1. The van der Waals surface area contributed by atoms with E-state index in [9.17, 15) is 4.79 Å². The minimum absolute atomic E-state index is 0.137. The third-order valence-electron chi connectivity index (χ3n) is 7.01. The average molecular weight is 523 g/mol. The van der Waals surface area contributed by atoms with Gasteiger partial charge in [-0.3, -0.25) is 9.69 Å². The number of amides is 1. The summed E-state index contributed by atoms with van der Waals surface area (Å²) in [5.74, 6) is 1.01. The van der Waals surface area contributed by atoms with E-state index in [2.05, 4.69) is 64.0 Å². The molecule has 1 aliphatic heterocycles. The number of imidazole rings is 1. The lowest BCUT2D eigenvalue weighted by Crippen LogP contribution is -2.48. The number of ether oxygens (including phenoxy) is 1. The molecule has 1 fully saturated rings. The van der Waals surface area contributed by atoms with Crippen LogP contribution in [0.25, 0.3) is 28.0 Å². The van der Waals surface area contributed by atoms with Crippen LogP contribution in [-0.4, -0.2) is 57.9 Å². The van der Waals surface area contributed by atoms with Crippen LogP contribution in [-0.2, 0) is 6.54 Å². The summed E-state index contributed by atoms with van der Waals surface area (Å²) in [7, 11) is 0. The number of piperazine rings is 1. The summed E-state index contributed by atoms with van der Waals surface area (Å²) in [6.45, 7) is 6.51. The second-order valence-electron chi connectivity index (χ2n) is 9.43. The number of benzene rings is 2. The van der Waals surface area contributed by atoms with Crippen molar-refractivity contribution in [2.75, 3.05) is 32.8 Å². The minimum atomic E-state index is 0.137. The zero-order valence-electron chi connectivity index (χ0n) is 21.4. The van der Waals surface area contributed by atoms with Crippen molar-refractivity contribution in [1.82, 2.24) is 19.2 Å². The second-order valence-corrected chi connectivity index (χ2v) is 10.4. The van der Waals surface area contributed by atoms with Gasteiger partial charge in [-0.2, -0.15) is 0 Å². The van der Waals surface area contributed by atoms with Crippen LogP contribution in [0.15, 0.2) is 90.4 Å². The first-order chi connectivity index (χ1) is 18.7. The number of nitrogens with zero attached hydrogens (tertiary/aromatic N) is 4. The van der Waals surface area contributed by atoms with Crippen LogP contribution < -0.4 is 4.74 Å². The Morgan fingerprint density at radius 1 is 0.895 bits per heavy atom. The van der Waals surface area contributed by atoms with Crippen LogP contribution in [0, 0.1) is 0 Å². The summed E-state index contributed by atoms with van der Waals surface area (Å²) < 4.78 is 7.97. The molecule has 2 aromatic carbocycles. The first kappa shape index (κ1) is 24.4. The lowest BCUT2D eigenvalue weighted by atomic mass is 10.1. The molecule has 0 unspecified atom stereocenters. The van der Waals surface area contributed by atoms with Crippen LogP contribution in [0.2, 0.25) is 0 Å². The Labute approximate surface area is 226 Å². The van der Waals surface area contributed by atoms with Gasteiger partial charge in [0.25, 0.3) is 5.91 Å². The topological polar surface area (TPSA) is 50.1 Å². The Morgan fingerprint density at radius 3 is 2.47 bits per heavy atom. The van der Waals surface area contributed by atoms with E-state index in [0.29, 0.717) is 6.61 Å². The van der Waals surface area contributed by atoms with Crippen LogP contribution in [0.3, 0.4) is 0 Å². The van der Waals surface area contributed by atoms with Crippen molar-refractivity contribution in [1.29, 1.82) is 0 Å². The van der Waals surface area contributed by atoms with Gasteiger partial charge in [0.1, 0.15) is 11.4 Å². The van der Waals surface area contributed by atoms with Gasteiger partial charge in [0.15, 0.2) is 0 Å². The van der Waals surface area contributed by atoms with Gasteiger partial charge < -0.3 is 14.0 Å². The van der Waals surface area contributed by atoms with Crippen molar-refractivity contribution in [3.63, 3.8) is 0 Å². The lowest BCUT2D eigenvalue weighted by Gasteiger charge is -2.34. The van der Waals surface area contributed by atoms with Gasteiger partial charge in [0.2, 0.25) is 0 Å². The molecule has 5 aromatic rings. The zero-order valence-corrected chi connectivity index (χ0v) is 22.2. The molecule has 6 rings (SSSR count). The van der Waals surface area contributed by atoms with Crippen molar-refractivity contribution < 1.29 is 9.53 Å². The standard InChI is InChI=1S/C31H30N4O2S/c1-2-37-26-11-6-10-24(20-26)25-13-14-29-32-30(23-8-4-3-5-9-23)27(35(29)21-25)22-33-15-17-34(18-16-33)31(36)28-12-7-19-38-28/h3-14,19-21H,2,15-18,22H2,1H3. The molecule has 0 spiro atoms. The fourth-order valence-corrected chi connectivity index (χ4v) is 5.74. The van der Waals surface area contributed by atoms with E-state index in [-0.39, 0.29) is 5.91 Å². The molecule has 4 heterocycles. The number of carbonyl (C=O) groups is 1. The predicted molar refractivity (Wildman–Crippen MR) is 153 cm³/mol. The van der Waals surface area contributed by atoms with Crippen LogP contribution in [0.5, 0.6) is 5.75 Å². The molecule has 3 aromatic heterocycles. The molecule has 192 valence electrons. The number of carbonyl (C=O) groups excluding carboxylic acids is 1.